The van der Waals surface area contributed by atoms with Crippen molar-refractivity contribution in [2.24, 2.45) is 11.8 Å². The van der Waals surface area contributed by atoms with Gasteiger partial charge in [-0.15, -0.1) is 0 Å². The van der Waals surface area contributed by atoms with Crippen LogP contribution < -0.4 is 10.6 Å². The Kier molecular flexibility index (Phi) is 3.73. The molecule has 2 atom stereocenters. The van der Waals surface area contributed by atoms with Crippen molar-refractivity contribution < 1.29 is 9.59 Å². The Morgan fingerprint density at radius 1 is 1.05 bits per heavy atom. The van der Waals surface area contributed by atoms with Crippen molar-refractivity contribution in [3.63, 3.8) is 0 Å². The molecule has 0 aromatic carbocycles. The van der Waals surface area contributed by atoms with Crippen molar-refractivity contribution in [1.82, 2.24) is 15.5 Å². The molecule has 2 heterocycles. The predicted octanol–water partition coefficient (Wildman–Crippen LogP) is 1.10. The lowest BCUT2D eigenvalue weighted by molar-refractivity contribution is -0.137. The summed E-state index contributed by atoms with van der Waals surface area (Å²) in [6.45, 7) is 2.61. The topological polar surface area (TPSA) is 61.4 Å². The van der Waals surface area contributed by atoms with Crippen molar-refractivity contribution >= 4 is 11.9 Å². The summed E-state index contributed by atoms with van der Waals surface area (Å²) in [6, 6.07) is -0.0651. The van der Waals surface area contributed by atoms with E-state index in [-0.39, 0.29) is 23.9 Å². The Morgan fingerprint density at radius 2 is 1.79 bits per heavy atom. The molecule has 2 saturated heterocycles. The molecule has 5 nitrogen and oxygen atoms in total. The van der Waals surface area contributed by atoms with Gasteiger partial charge < -0.3 is 10.6 Å². The Balaban J connectivity index is 1.66. The van der Waals surface area contributed by atoms with Gasteiger partial charge in [0.25, 0.3) is 0 Å². The van der Waals surface area contributed by atoms with Crippen LogP contribution in [-0.4, -0.2) is 42.5 Å². The summed E-state index contributed by atoms with van der Waals surface area (Å²) in [4.78, 5) is 26.1. The van der Waals surface area contributed by atoms with E-state index in [1.54, 1.807) is 0 Å². The number of hydrogen-bond acceptors (Lipinski definition) is 3. The van der Waals surface area contributed by atoms with Crippen LogP contribution in [0, 0.1) is 11.8 Å². The molecule has 2 aliphatic heterocycles. The maximum absolute atomic E-state index is 12.5. The Morgan fingerprint density at radius 3 is 2.58 bits per heavy atom. The third kappa shape index (κ3) is 2.61. The molecular formula is C14H23N3O2. The van der Waals surface area contributed by atoms with Crippen LogP contribution in [-0.2, 0) is 4.79 Å². The molecule has 3 fully saturated rings. The van der Waals surface area contributed by atoms with Crippen LogP contribution >= 0.6 is 0 Å². The maximum Gasteiger partial charge on any atom is 0.324 e. The second kappa shape index (κ2) is 5.49. The van der Waals surface area contributed by atoms with Crippen molar-refractivity contribution in [2.45, 2.75) is 44.6 Å². The zero-order valence-electron chi connectivity index (χ0n) is 11.4. The number of nitrogens with zero attached hydrogens (tertiary/aromatic N) is 1. The molecule has 3 rings (SSSR count). The van der Waals surface area contributed by atoms with Gasteiger partial charge in [0, 0.05) is 12.6 Å². The maximum atomic E-state index is 12.5. The molecule has 2 N–H and O–H groups in total. The van der Waals surface area contributed by atoms with Gasteiger partial charge in [-0.3, -0.25) is 9.69 Å². The number of imide groups is 1. The van der Waals surface area contributed by atoms with E-state index in [0.717, 1.165) is 51.6 Å². The van der Waals surface area contributed by atoms with Gasteiger partial charge >= 0.3 is 6.03 Å². The number of urea groups is 1. The van der Waals surface area contributed by atoms with E-state index < -0.39 is 0 Å². The summed E-state index contributed by atoms with van der Waals surface area (Å²) < 4.78 is 0. The zero-order chi connectivity index (χ0) is 13.2. The molecule has 0 spiro atoms. The fourth-order valence-corrected chi connectivity index (χ4v) is 3.63. The second-order valence-electron chi connectivity index (χ2n) is 6.09. The van der Waals surface area contributed by atoms with Gasteiger partial charge in [-0.25, -0.2) is 4.79 Å². The van der Waals surface area contributed by atoms with Crippen LogP contribution in [0.5, 0.6) is 0 Å². The van der Waals surface area contributed by atoms with Gasteiger partial charge in [-0.2, -0.15) is 0 Å². The van der Waals surface area contributed by atoms with Gasteiger partial charge in [0.15, 0.2) is 0 Å². The molecule has 3 aliphatic rings. The summed E-state index contributed by atoms with van der Waals surface area (Å²) >= 11 is 0. The van der Waals surface area contributed by atoms with Gasteiger partial charge in [-0.1, -0.05) is 12.8 Å². The first kappa shape index (κ1) is 12.9. The van der Waals surface area contributed by atoms with Crippen LogP contribution in [0.2, 0.25) is 0 Å². The highest BCUT2D eigenvalue weighted by atomic mass is 16.2. The average molecular weight is 265 g/mol. The van der Waals surface area contributed by atoms with Crippen LogP contribution in [0.25, 0.3) is 0 Å². The van der Waals surface area contributed by atoms with Crippen molar-refractivity contribution in [1.29, 1.82) is 0 Å². The molecule has 1 aliphatic carbocycles. The van der Waals surface area contributed by atoms with Gasteiger partial charge in [0.1, 0.15) is 0 Å². The number of carbonyl (C=O) groups is 2. The highest BCUT2D eigenvalue weighted by Crippen LogP contribution is 2.30. The van der Waals surface area contributed by atoms with E-state index in [4.69, 9.17) is 0 Å². The third-order valence-electron chi connectivity index (χ3n) is 4.80. The number of piperidine rings is 1. The minimum absolute atomic E-state index is 0.0353. The third-order valence-corrected chi connectivity index (χ3v) is 4.80. The molecule has 1 saturated carbocycles. The molecule has 106 valence electrons. The van der Waals surface area contributed by atoms with Gasteiger partial charge in [0.2, 0.25) is 5.91 Å². The normalized spacial score (nSPS) is 32.9. The fourth-order valence-electron chi connectivity index (χ4n) is 3.63. The summed E-state index contributed by atoms with van der Waals surface area (Å²) in [6.07, 6.45) is 6.26. The van der Waals surface area contributed by atoms with Crippen LogP contribution in [0.15, 0.2) is 0 Å². The van der Waals surface area contributed by atoms with Crippen LogP contribution in [0.3, 0.4) is 0 Å². The van der Waals surface area contributed by atoms with E-state index >= 15 is 0 Å². The molecule has 0 aromatic rings. The standard InChI is InChI=1S/C14H23N3O2/c18-13-11-3-1-2-4-12(11)16-14(19)17(13)9-10-5-7-15-8-6-10/h10-12,15H,1-9H2,(H,16,19). The number of carbonyl (C=O) groups excluding carboxylic acids is 2. The number of rotatable bonds is 2. The molecule has 5 heteroatoms. The predicted molar refractivity (Wildman–Crippen MR) is 71.6 cm³/mol. The highest BCUT2D eigenvalue weighted by Gasteiger charge is 2.42. The first-order chi connectivity index (χ1) is 9.25. The first-order valence-corrected chi connectivity index (χ1v) is 7.58. The second-order valence-corrected chi connectivity index (χ2v) is 6.09. The van der Waals surface area contributed by atoms with E-state index in [1.807, 2.05) is 0 Å². The van der Waals surface area contributed by atoms with Gasteiger partial charge in [0.05, 0.1) is 5.92 Å². The van der Waals surface area contributed by atoms with Gasteiger partial charge in [-0.05, 0) is 44.7 Å². The molecule has 3 amide bonds. The number of hydrogen-bond donors (Lipinski definition) is 2. The summed E-state index contributed by atoms with van der Waals surface area (Å²) in [5.74, 6) is 0.580. The van der Waals surface area contributed by atoms with Crippen LogP contribution in [0.4, 0.5) is 4.79 Å². The summed E-state index contributed by atoms with van der Waals surface area (Å²) in [7, 11) is 0. The lowest BCUT2D eigenvalue weighted by atomic mass is 9.82. The van der Waals surface area contributed by atoms with Crippen molar-refractivity contribution in [3.05, 3.63) is 0 Å². The Hall–Kier alpha value is -1.10. The smallest absolute Gasteiger partial charge is 0.324 e. The Labute approximate surface area is 114 Å². The number of fused-ring (bicyclic) bond motifs is 1. The van der Waals surface area contributed by atoms with E-state index in [0.29, 0.717) is 12.5 Å². The number of nitrogens with one attached hydrogen (secondary N) is 2. The van der Waals surface area contributed by atoms with E-state index in [2.05, 4.69) is 10.6 Å². The molecule has 0 bridgehead atoms. The highest BCUT2D eigenvalue weighted by molar-refractivity contribution is 5.98. The minimum atomic E-state index is -0.160. The largest absolute Gasteiger partial charge is 0.334 e. The molecular weight excluding hydrogens is 242 g/mol. The molecule has 0 radical (unpaired) electrons. The fraction of sp³-hybridized carbons (Fsp3) is 0.857. The van der Waals surface area contributed by atoms with E-state index in [1.165, 1.54) is 4.90 Å². The summed E-state index contributed by atoms with van der Waals surface area (Å²) in [5.41, 5.74) is 0. The molecule has 19 heavy (non-hydrogen) atoms. The van der Waals surface area contributed by atoms with E-state index in [9.17, 15) is 9.59 Å². The zero-order valence-corrected chi connectivity index (χ0v) is 11.4. The quantitative estimate of drug-likeness (QED) is 0.786. The monoisotopic (exact) mass is 265 g/mol. The van der Waals surface area contributed by atoms with Crippen molar-refractivity contribution in [2.75, 3.05) is 19.6 Å². The molecule has 2 unspecified atom stereocenters. The van der Waals surface area contributed by atoms with Crippen molar-refractivity contribution in [3.8, 4) is 0 Å². The lowest BCUT2D eigenvalue weighted by Gasteiger charge is -2.41. The molecule has 0 aromatic heterocycles. The SMILES string of the molecule is O=C1NC2CCCCC2C(=O)N1CC1CCNCC1. The Bertz CT molecular complexity index is 366. The lowest BCUT2D eigenvalue weighted by Crippen LogP contribution is -2.61. The number of amides is 3. The average Bonchev–Trinajstić information content (AvgIpc) is 2.45. The van der Waals surface area contributed by atoms with Crippen LogP contribution in [0.1, 0.15) is 38.5 Å². The first-order valence-electron chi connectivity index (χ1n) is 7.58. The summed E-state index contributed by atoms with van der Waals surface area (Å²) in [5, 5.41) is 6.35. The minimum Gasteiger partial charge on any atom is -0.334 e.